The highest BCUT2D eigenvalue weighted by Gasteiger charge is 2.47. The molecule has 1 aromatic carbocycles. The quantitative estimate of drug-likeness (QED) is 0.484. The third-order valence-electron chi connectivity index (χ3n) is 5.37. The van der Waals surface area contributed by atoms with Crippen molar-refractivity contribution in [2.24, 2.45) is 10.1 Å². The predicted octanol–water partition coefficient (Wildman–Crippen LogP) is 4.26. The third kappa shape index (κ3) is 4.39. The second-order valence-electron chi connectivity index (χ2n) is 8.64. The molecule has 1 saturated carbocycles. The molecule has 0 bridgehead atoms. The Morgan fingerprint density at radius 3 is 2.55 bits per heavy atom. The van der Waals surface area contributed by atoms with Gasteiger partial charge in [-0.15, -0.1) is 4.40 Å². The molecule has 10 heteroatoms. The van der Waals surface area contributed by atoms with Crippen LogP contribution < -0.4 is 15.2 Å². The van der Waals surface area contributed by atoms with E-state index >= 15 is 0 Å². The summed E-state index contributed by atoms with van der Waals surface area (Å²) in [5, 5.41) is 9.98. The zero-order valence-electron chi connectivity index (χ0n) is 17.0. The van der Waals surface area contributed by atoms with Gasteiger partial charge in [-0.3, -0.25) is 18.7 Å². The zero-order valence-corrected chi connectivity index (χ0v) is 17.8. The average Bonchev–Trinajstić information content (AvgIpc) is 2.57. The summed E-state index contributed by atoms with van der Waals surface area (Å²) in [5.74, 6) is 0.397. The lowest BCUT2D eigenvalue weighted by molar-refractivity contribution is -0.0300. The maximum Gasteiger partial charge on any atom is 0.408 e. The number of hydrogen-bond donors (Lipinski definition) is 5. The Balaban J connectivity index is 1.93. The van der Waals surface area contributed by atoms with Crippen LogP contribution in [0.3, 0.4) is 0 Å². The first-order chi connectivity index (χ1) is 13.5. The van der Waals surface area contributed by atoms with Gasteiger partial charge in [-0.2, -0.15) is 0 Å². The predicted molar refractivity (Wildman–Crippen MR) is 115 cm³/mol. The van der Waals surface area contributed by atoms with Gasteiger partial charge in [-0.25, -0.2) is 4.79 Å². The minimum Gasteiger partial charge on any atom is -0.490 e. The highest BCUT2D eigenvalue weighted by atomic mass is 32.3. The van der Waals surface area contributed by atoms with Crippen LogP contribution in [0.15, 0.2) is 22.6 Å². The summed E-state index contributed by atoms with van der Waals surface area (Å²) in [6.07, 6.45) is 3.41. The Morgan fingerprint density at radius 2 is 1.97 bits per heavy atom. The van der Waals surface area contributed by atoms with Gasteiger partial charge in [-0.05, 0) is 56.7 Å². The molecular weight excluding hydrogens is 396 g/mol. The lowest BCUT2D eigenvalue weighted by Gasteiger charge is -2.50. The number of benzene rings is 1. The average molecular weight is 427 g/mol. The number of amidine groups is 1. The molecule has 0 spiro atoms. The minimum atomic E-state index is -3.38. The van der Waals surface area contributed by atoms with Crippen molar-refractivity contribution in [2.45, 2.75) is 64.0 Å². The van der Waals surface area contributed by atoms with E-state index in [-0.39, 0.29) is 12.4 Å². The van der Waals surface area contributed by atoms with Crippen LogP contribution in [-0.2, 0) is 0 Å². The number of anilines is 1. The molecule has 1 heterocycles. The van der Waals surface area contributed by atoms with E-state index in [1.807, 2.05) is 20.8 Å². The van der Waals surface area contributed by atoms with Crippen LogP contribution in [0.4, 0.5) is 10.5 Å². The molecule has 1 aliphatic carbocycles. The number of hydrogen-bond acceptors (Lipinski definition) is 7. The van der Waals surface area contributed by atoms with Crippen molar-refractivity contribution in [2.75, 3.05) is 11.3 Å². The number of rotatable bonds is 4. The first-order valence-electron chi connectivity index (χ1n) is 9.66. The zero-order chi connectivity index (χ0) is 21.4. The summed E-state index contributed by atoms with van der Waals surface area (Å²) in [6, 6.07) is 5.09. The molecule has 29 heavy (non-hydrogen) atoms. The molecule has 1 fully saturated rings. The first-order valence-corrected chi connectivity index (χ1v) is 11.2. The third-order valence-corrected chi connectivity index (χ3v) is 6.32. The Kier molecular flexibility index (Phi) is 5.63. The lowest BCUT2D eigenvalue weighted by Crippen LogP contribution is -2.62. The fraction of sp³-hybridized carbons (Fsp3) is 0.579. The van der Waals surface area contributed by atoms with E-state index in [1.165, 1.54) is 4.90 Å². The molecule has 1 aromatic rings. The number of carbonyl (C=O) groups is 1. The van der Waals surface area contributed by atoms with Gasteiger partial charge in [0, 0.05) is 5.54 Å². The summed E-state index contributed by atoms with van der Waals surface area (Å²) < 4.78 is 32.1. The number of amides is 1. The van der Waals surface area contributed by atoms with Gasteiger partial charge in [-0.1, -0.05) is 25.3 Å². The molecule has 0 atom stereocenters. The lowest BCUT2D eigenvalue weighted by atomic mass is 9.78. The number of ether oxygens (including phenoxy) is 1. The van der Waals surface area contributed by atoms with Crippen LogP contribution in [0, 0.1) is 0 Å². The van der Waals surface area contributed by atoms with Crippen LogP contribution >= 0.6 is 11.0 Å². The first kappa shape index (κ1) is 21.5. The van der Waals surface area contributed by atoms with Crippen LogP contribution in [0.1, 0.15) is 58.4 Å². The van der Waals surface area contributed by atoms with Gasteiger partial charge in [0.2, 0.25) is 0 Å². The molecule has 1 aliphatic heterocycles. The molecule has 0 aromatic heterocycles. The molecule has 2 aliphatic rings. The Hall–Kier alpha value is -2.17. The van der Waals surface area contributed by atoms with Crippen molar-refractivity contribution >= 4 is 28.6 Å². The molecule has 9 nitrogen and oxygen atoms in total. The smallest absolute Gasteiger partial charge is 0.408 e. The van der Waals surface area contributed by atoms with E-state index in [2.05, 4.69) is 9.12 Å². The van der Waals surface area contributed by atoms with E-state index in [0.29, 0.717) is 29.8 Å². The fourth-order valence-corrected chi connectivity index (χ4v) is 5.29. The monoisotopic (exact) mass is 426 g/mol. The van der Waals surface area contributed by atoms with E-state index in [9.17, 15) is 19.0 Å². The van der Waals surface area contributed by atoms with Crippen molar-refractivity contribution in [3.8, 4) is 5.75 Å². The van der Waals surface area contributed by atoms with E-state index < -0.39 is 28.1 Å². The number of nitrogens with one attached hydrogen (secondary N) is 1. The summed E-state index contributed by atoms with van der Waals surface area (Å²) in [7, 11) is -3.38. The maximum atomic E-state index is 12.2. The largest absolute Gasteiger partial charge is 0.490 e. The van der Waals surface area contributed by atoms with Gasteiger partial charge in [0.05, 0.1) is 16.8 Å². The molecule has 0 unspecified atom stereocenters. The van der Waals surface area contributed by atoms with Crippen molar-refractivity contribution in [1.82, 2.24) is 4.90 Å². The molecule has 162 valence electrons. The van der Waals surface area contributed by atoms with Gasteiger partial charge < -0.3 is 15.6 Å². The number of nitrogens with zero attached hydrogens (tertiary/aromatic N) is 2. The summed E-state index contributed by atoms with van der Waals surface area (Å²) in [6.45, 7) is 5.85. The van der Waals surface area contributed by atoms with Gasteiger partial charge >= 0.3 is 6.09 Å². The van der Waals surface area contributed by atoms with Crippen molar-refractivity contribution in [3.63, 3.8) is 0 Å². The Labute approximate surface area is 172 Å². The Bertz CT molecular complexity index is 815. The standard InChI is InChI=1S/C19H30N4O5S/c1-18(2,3)23(17(24)25)19(10-5-4-6-11-19)12-28-14-9-7-8-13-15(14)16(20)22-29(26,27)21-13/h7-9,21,26-27H,4-6,10-12H2,1-3H3,(H2,20,22)(H,24,25). The molecule has 0 saturated heterocycles. The molecule has 0 radical (unpaired) electrons. The van der Waals surface area contributed by atoms with Crippen molar-refractivity contribution < 1.29 is 23.7 Å². The molecule has 6 N–H and O–H groups in total. The Morgan fingerprint density at radius 1 is 1.31 bits per heavy atom. The maximum absolute atomic E-state index is 12.2. The van der Waals surface area contributed by atoms with E-state index in [4.69, 9.17) is 10.5 Å². The second-order valence-corrected chi connectivity index (χ2v) is 10.1. The molecular formula is C19H30N4O5S. The molecule has 3 rings (SSSR count). The van der Waals surface area contributed by atoms with E-state index in [1.54, 1.807) is 18.2 Å². The SMILES string of the molecule is CC(C)(C)N(C(=O)O)C1(COc2cccc3c2C(N)=NS(O)(O)N3)CCCCC1. The number of carboxylic acid groups (broad SMARTS) is 1. The minimum absolute atomic E-state index is 0.0297. The summed E-state index contributed by atoms with van der Waals surface area (Å²) in [4.78, 5) is 13.7. The highest BCUT2D eigenvalue weighted by molar-refractivity contribution is 8.24. The van der Waals surface area contributed by atoms with E-state index in [0.717, 1.165) is 19.3 Å². The summed E-state index contributed by atoms with van der Waals surface area (Å²) in [5.41, 5.74) is 5.60. The second kappa shape index (κ2) is 7.58. The van der Waals surface area contributed by atoms with Crippen LogP contribution in [-0.4, -0.2) is 48.7 Å². The highest BCUT2D eigenvalue weighted by Crippen LogP contribution is 2.47. The van der Waals surface area contributed by atoms with Crippen LogP contribution in [0.25, 0.3) is 0 Å². The topological polar surface area (TPSA) is 141 Å². The number of fused-ring (bicyclic) bond motifs is 1. The number of nitrogens with two attached hydrogens (primary N) is 1. The normalized spacial score (nSPS) is 21.2. The fourth-order valence-electron chi connectivity index (χ4n) is 4.41. The van der Waals surface area contributed by atoms with Crippen molar-refractivity contribution in [1.29, 1.82) is 0 Å². The van der Waals surface area contributed by atoms with Crippen molar-refractivity contribution in [3.05, 3.63) is 23.8 Å². The van der Waals surface area contributed by atoms with Gasteiger partial charge in [0.15, 0.2) is 5.84 Å². The molecule has 1 amide bonds. The summed E-state index contributed by atoms with van der Waals surface area (Å²) >= 11 is 0. The van der Waals surface area contributed by atoms with Gasteiger partial charge in [0.1, 0.15) is 12.4 Å². The van der Waals surface area contributed by atoms with Gasteiger partial charge in [0.25, 0.3) is 0 Å². The van der Waals surface area contributed by atoms with Crippen LogP contribution in [0.2, 0.25) is 0 Å². The van der Waals surface area contributed by atoms with Crippen LogP contribution in [0.5, 0.6) is 5.75 Å².